The molecule has 3 rings (SSSR count). The van der Waals surface area contributed by atoms with Crippen molar-refractivity contribution in [3.8, 4) is 17.2 Å². The third-order valence-electron chi connectivity index (χ3n) is 4.61. The molecule has 2 aromatic carbocycles. The van der Waals surface area contributed by atoms with Crippen molar-refractivity contribution >= 4 is 17.5 Å². The number of phenolic OH excluding ortho intramolecular Hbond substituents is 3. The molecule has 0 saturated carbocycles. The maximum Gasteiger partial charge on any atom is 0.253 e. The van der Waals surface area contributed by atoms with Gasteiger partial charge in [0.15, 0.2) is 17.2 Å². The Bertz CT molecular complexity index is 835. The molecular weight excluding hydrogens is 350 g/mol. The van der Waals surface area contributed by atoms with E-state index in [1.165, 1.54) is 0 Å². The second kappa shape index (κ2) is 7.45. The van der Waals surface area contributed by atoms with Gasteiger partial charge in [0.1, 0.15) is 0 Å². The van der Waals surface area contributed by atoms with Crippen LogP contribution >= 0.6 is 0 Å². The summed E-state index contributed by atoms with van der Waals surface area (Å²) in [5, 5.41) is 31.2. The van der Waals surface area contributed by atoms with Gasteiger partial charge in [-0.2, -0.15) is 0 Å². The van der Waals surface area contributed by atoms with Gasteiger partial charge in [0.05, 0.1) is 0 Å². The average molecular weight is 371 g/mol. The second-order valence-corrected chi connectivity index (χ2v) is 6.53. The molecule has 0 spiro atoms. The van der Waals surface area contributed by atoms with Crippen LogP contribution in [0.5, 0.6) is 17.2 Å². The first-order chi connectivity index (χ1) is 12.8. The molecule has 1 fully saturated rings. The first-order valence-electron chi connectivity index (χ1n) is 8.56. The van der Waals surface area contributed by atoms with E-state index in [0.717, 1.165) is 12.1 Å². The first kappa shape index (κ1) is 18.4. The van der Waals surface area contributed by atoms with Crippen LogP contribution in [0, 0.1) is 0 Å². The number of amides is 2. The smallest absolute Gasteiger partial charge is 0.253 e. The highest BCUT2D eigenvalue weighted by Crippen LogP contribution is 2.35. The predicted molar refractivity (Wildman–Crippen MR) is 98.7 cm³/mol. The molecule has 0 aliphatic carbocycles. The van der Waals surface area contributed by atoms with Gasteiger partial charge in [-0.25, -0.2) is 0 Å². The molecule has 0 unspecified atom stereocenters. The molecule has 2 amide bonds. The number of phenols is 3. The van der Waals surface area contributed by atoms with E-state index in [2.05, 4.69) is 5.32 Å². The van der Waals surface area contributed by atoms with Gasteiger partial charge in [-0.15, -0.1) is 0 Å². The third-order valence-corrected chi connectivity index (χ3v) is 4.61. The van der Waals surface area contributed by atoms with Crippen LogP contribution in [-0.2, 0) is 0 Å². The molecule has 0 atom stereocenters. The van der Waals surface area contributed by atoms with Crippen molar-refractivity contribution in [1.29, 1.82) is 0 Å². The number of piperidine rings is 1. The van der Waals surface area contributed by atoms with E-state index in [9.17, 15) is 24.9 Å². The fraction of sp³-hybridized carbons (Fsp3) is 0.263. The zero-order valence-corrected chi connectivity index (χ0v) is 14.6. The summed E-state index contributed by atoms with van der Waals surface area (Å²) in [4.78, 5) is 26.5. The molecule has 0 bridgehead atoms. The lowest BCUT2D eigenvalue weighted by Crippen LogP contribution is -2.46. The van der Waals surface area contributed by atoms with Crippen LogP contribution in [-0.4, -0.2) is 51.2 Å². The van der Waals surface area contributed by atoms with Gasteiger partial charge in [0.2, 0.25) is 0 Å². The molecule has 1 aliphatic heterocycles. The maximum absolute atomic E-state index is 12.5. The number of carbonyl (C=O) groups excluding carboxylic acids is 2. The maximum atomic E-state index is 12.5. The summed E-state index contributed by atoms with van der Waals surface area (Å²) in [6.07, 6.45) is 1.17. The molecule has 1 heterocycles. The van der Waals surface area contributed by atoms with Crippen LogP contribution in [0.15, 0.2) is 36.4 Å². The topological polar surface area (TPSA) is 136 Å². The summed E-state index contributed by atoms with van der Waals surface area (Å²) in [5.74, 6) is -2.34. The average Bonchev–Trinajstić information content (AvgIpc) is 2.66. The Labute approximate surface area is 155 Å². The van der Waals surface area contributed by atoms with Crippen LogP contribution in [0.2, 0.25) is 0 Å². The number of nitrogens with two attached hydrogens (primary N) is 1. The van der Waals surface area contributed by atoms with Gasteiger partial charge in [-0.3, -0.25) is 9.59 Å². The van der Waals surface area contributed by atoms with E-state index >= 15 is 0 Å². The summed E-state index contributed by atoms with van der Waals surface area (Å²) in [6.45, 7) is 1.00. The van der Waals surface area contributed by atoms with Gasteiger partial charge in [-0.1, -0.05) is 0 Å². The summed E-state index contributed by atoms with van der Waals surface area (Å²) < 4.78 is 0. The molecule has 6 N–H and O–H groups in total. The number of benzene rings is 2. The first-order valence-corrected chi connectivity index (χ1v) is 8.56. The zero-order chi connectivity index (χ0) is 19.6. The van der Waals surface area contributed by atoms with Gasteiger partial charge >= 0.3 is 0 Å². The molecule has 8 heteroatoms. The van der Waals surface area contributed by atoms with Crippen molar-refractivity contribution in [2.45, 2.75) is 18.9 Å². The Morgan fingerprint density at radius 3 is 2.07 bits per heavy atom. The third kappa shape index (κ3) is 4.05. The highest BCUT2D eigenvalue weighted by molar-refractivity contribution is 5.96. The van der Waals surface area contributed by atoms with E-state index in [-0.39, 0.29) is 17.5 Å². The van der Waals surface area contributed by atoms with Crippen molar-refractivity contribution in [2.75, 3.05) is 18.8 Å². The monoisotopic (exact) mass is 371 g/mol. The minimum absolute atomic E-state index is 0.0446. The zero-order valence-electron chi connectivity index (χ0n) is 14.6. The van der Waals surface area contributed by atoms with Crippen LogP contribution in [0.1, 0.15) is 33.6 Å². The molecule has 8 nitrogen and oxygen atoms in total. The van der Waals surface area contributed by atoms with Crippen molar-refractivity contribution in [3.05, 3.63) is 47.5 Å². The number of anilines is 1. The van der Waals surface area contributed by atoms with Crippen LogP contribution in [0.25, 0.3) is 0 Å². The number of hydrogen-bond donors (Lipinski definition) is 5. The number of nitrogens with zero attached hydrogens (tertiary/aromatic N) is 1. The highest BCUT2D eigenvalue weighted by Gasteiger charge is 2.25. The Morgan fingerprint density at radius 1 is 0.963 bits per heavy atom. The minimum Gasteiger partial charge on any atom is -0.504 e. The molecular formula is C19H21N3O5. The molecule has 0 aromatic heterocycles. The lowest BCUT2D eigenvalue weighted by molar-refractivity contribution is 0.0698. The SMILES string of the molecule is Nc1ccc(C(=O)N2CCC(NC(=O)c3cc(O)c(O)c(O)c3)CC2)cc1. The van der Waals surface area contributed by atoms with E-state index in [1.54, 1.807) is 29.2 Å². The summed E-state index contributed by atoms with van der Waals surface area (Å²) in [7, 11) is 0. The number of aromatic hydroxyl groups is 3. The number of likely N-dealkylation sites (tertiary alicyclic amines) is 1. The summed E-state index contributed by atoms with van der Waals surface area (Å²) in [6, 6.07) is 8.79. The molecule has 142 valence electrons. The van der Waals surface area contributed by atoms with Gasteiger partial charge in [0, 0.05) is 35.9 Å². The number of carbonyl (C=O) groups is 2. The van der Waals surface area contributed by atoms with Crippen molar-refractivity contribution in [3.63, 3.8) is 0 Å². The van der Waals surface area contributed by atoms with Gasteiger partial charge in [0.25, 0.3) is 11.8 Å². The van der Waals surface area contributed by atoms with Crippen LogP contribution < -0.4 is 11.1 Å². The van der Waals surface area contributed by atoms with Crippen molar-refractivity contribution in [1.82, 2.24) is 10.2 Å². The molecule has 1 aliphatic rings. The largest absolute Gasteiger partial charge is 0.504 e. The molecule has 0 radical (unpaired) electrons. The summed E-state index contributed by atoms with van der Waals surface area (Å²) >= 11 is 0. The Balaban J connectivity index is 1.57. The number of rotatable bonds is 3. The standard InChI is InChI=1S/C19H21N3O5/c20-13-3-1-11(2-4-13)19(27)22-7-5-14(6-8-22)21-18(26)12-9-15(23)17(25)16(24)10-12/h1-4,9-10,14,23-25H,5-8,20H2,(H,21,26). The second-order valence-electron chi connectivity index (χ2n) is 6.53. The van der Waals surface area contributed by atoms with Gasteiger partial charge in [-0.05, 0) is 49.2 Å². The van der Waals surface area contributed by atoms with E-state index in [4.69, 9.17) is 5.73 Å². The molecule has 27 heavy (non-hydrogen) atoms. The number of nitrogen functional groups attached to an aromatic ring is 1. The van der Waals surface area contributed by atoms with Crippen LogP contribution in [0.4, 0.5) is 5.69 Å². The lowest BCUT2D eigenvalue weighted by atomic mass is 10.0. The van der Waals surface area contributed by atoms with E-state index in [1.807, 2.05) is 0 Å². The Morgan fingerprint density at radius 2 is 1.52 bits per heavy atom. The summed E-state index contributed by atoms with van der Waals surface area (Å²) in [5.41, 5.74) is 6.85. The Hall–Kier alpha value is -3.42. The number of hydrogen-bond acceptors (Lipinski definition) is 6. The number of nitrogens with one attached hydrogen (secondary N) is 1. The quantitative estimate of drug-likeness (QED) is 0.409. The molecule has 2 aromatic rings. The van der Waals surface area contributed by atoms with E-state index in [0.29, 0.717) is 37.2 Å². The van der Waals surface area contributed by atoms with E-state index < -0.39 is 23.2 Å². The lowest BCUT2D eigenvalue weighted by Gasteiger charge is -2.32. The minimum atomic E-state index is -0.666. The van der Waals surface area contributed by atoms with Crippen LogP contribution in [0.3, 0.4) is 0 Å². The van der Waals surface area contributed by atoms with Crippen molar-refractivity contribution in [2.24, 2.45) is 0 Å². The normalized spacial score (nSPS) is 14.7. The van der Waals surface area contributed by atoms with Crippen molar-refractivity contribution < 1.29 is 24.9 Å². The molecule has 1 saturated heterocycles. The fourth-order valence-electron chi connectivity index (χ4n) is 3.04. The fourth-order valence-corrected chi connectivity index (χ4v) is 3.04. The van der Waals surface area contributed by atoms with Gasteiger partial charge < -0.3 is 31.3 Å². The Kier molecular flexibility index (Phi) is 5.07. The highest BCUT2D eigenvalue weighted by atomic mass is 16.3. The predicted octanol–water partition coefficient (Wildman–Crippen LogP) is 1.42.